The molecule has 1 aliphatic rings. The number of para-hydroxylation sites is 1. The lowest BCUT2D eigenvalue weighted by atomic mass is 9.87. The zero-order valence-electron chi connectivity index (χ0n) is 15.4. The van der Waals surface area contributed by atoms with Crippen molar-refractivity contribution >= 4 is 34.8 Å². The Balaban J connectivity index is 0.00000225. The van der Waals surface area contributed by atoms with E-state index in [0.717, 1.165) is 30.1 Å². The summed E-state index contributed by atoms with van der Waals surface area (Å²) < 4.78 is 7.18. The molecule has 3 aromatic rings. The number of ether oxygens (including phenoxy) is 1. The number of benzene rings is 1. The molecule has 2 N–H and O–H groups in total. The van der Waals surface area contributed by atoms with Gasteiger partial charge in [0.15, 0.2) is 5.13 Å². The molecule has 0 spiro atoms. The van der Waals surface area contributed by atoms with Crippen LogP contribution in [0, 0.1) is 0 Å². The van der Waals surface area contributed by atoms with Crippen LogP contribution in [-0.4, -0.2) is 40.9 Å². The monoisotopic (exact) mass is 419 g/mol. The van der Waals surface area contributed by atoms with Gasteiger partial charge in [-0.2, -0.15) is 5.10 Å². The molecule has 1 saturated heterocycles. The number of hydrogen-bond donors (Lipinski definition) is 2. The van der Waals surface area contributed by atoms with Crippen LogP contribution in [0.15, 0.2) is 48.1 Å². The van der Waals surface area contributed by atoms with Crippen molar-refractivity contribution in [1.29, 1.82) is 0 Å². The fourth-order valence-corrected chi connectivity index (χ4v) is 4.15. The Labute approximate surface area is 173 Å². The molecule has 0 bridgehead atoms. The molecule has 0 atom stereocenters. The van der Waals surface area contributed by atoms with E-state index in [4.69, 9.17) is 4.74 Å². The summed E-state index contributed by atoms with van der Waals surface area (Å²) in [4.78, 5) is 17.8. The molecular weight excluding hydrogens is 398 g/mol. The van der Waals surface area contributed by atoms with E-state index in [1.54, 1.807) is 18.0 Å². The fraction of sp³-hybridized carbons (Fsp3) is 0.316. The average molecular weight is 420 g/mol. The zero-order chi connectivity index (χ0) is 18.7. The summed E-state index contributed by atoms with van der Waals surface area (Å²) >= 11 is 1.41. The second kappa shape index (κ2) is 8.72. The van der Waals surface area contributed by atoms with Gasteiger partial charge in [0, 0.05) is 23.3 Å². The van der Waals surface area contributed by atoms with Crippen LogP contribution in [-0.2, 0) is 10.3 Å². The summed E-state index contributed by atoms with van der Waals surface area (Å²) in [5, 5.41) is 13.2. The van der Waals surface area contributed by atoms with Crippen molar-refractivity contribution < 1.29 is 9.53 Å². The number of nitrogens with one attached hydrogen (secondary N) is 2. The largest absolute Gasteiger partial charge is 0.496 e. The molecule has 0 unspecified atom stereocenters. The van der Waals surface area contributed by atoms with E-state index in [1.165, 1.54) is 11.3 Å². The molecule has 0 saturated carbocycles. The number of methoxy groups -OCH3 is 1. The van der Waals surface area contributed by atoms with Crippen LogP contribution in [0.25, 0.3) is 11.3 Å². The van der Waals surface area contributed by atoms with Crippen molar-refractivity contribution in [2.75, 3.05) is 25.5 Å². The van der Waals surface area contributed by atoms with Gasteiger partial charge in [0.1, 0.15) is 11.3 Å². The molecular formula is C19H22ClN5O2S. The van der Waals surface area contributed by atoms with Crippen LogP contribution in [0.3, 0.4) is 0 Å². The Morgan fingerprint density at radius 1 is 1.29 bits per heavy atom. The molecule has 4 rings (SSSR count). The van der Waals surface area contributed by atoms with E-state index in [2.05, 4.69) is 20.7 Å². The van der Waals surface area contributed by atoms with E-state index in [9.17, 15) is 4.79 Å². The van der Waals surface area contributed by atoms with Crippen molar-refractivity contribution in [3.8, 4) is 17.0 Å². The molecule has 0 radical (unpaired) electrons. The molecule has 1 fully saturated rings. The molecule has 148 valence electrons. The van der Waals surface area contributed by atoms with Crippen molar-refractivity contribution in [3.05, 3.63) is 48.1 Å². The Morgan fingerprint density at radius 3 is 2.79 bits per heavy atom. The van der Waals surface area contributed by atoms with Gasteiger partial charge in [-0.3, -0.25) is 14.8 Å². The highest BCUT2D eigenvalue weighted by molar-refractivity contribution is 7.14. The SMILES string of the molecule is COc1ccccc1-c1csc(NC(=O)C2(n3cccn3)CCNCC2)n1.Cl. The van der Waals surface area contributed by atoms with Gasteiger partial charge in [0.2, 0.25) is 0 Å². The number of carbonyl (C=O) groups is 1. The van der Waals surface area contributed by atoms with Crippen LogP contribution < -0.4 is 15.4 Å². The lowest BCUT2D eigenvalue weighted by Crippen LogP contribution is -2.52. The highest BCUT2D eigenvalue weighted by atomic mass is 35.5. The second-order valence-electron chi connectivity index (χ2n) is 6.42. The molecule has 1 aromatic carbocycles. The summed E-state index contributed by atoms with van der Waals surface area (Å²) in [7, 11) is 1.64. The van der Waals surface area contributed by atoms with Crippen molar-refractivity contribution in [2.24, 2.45) is 0 Å². The lowest BCUT2D eigenvalue weighted by Gasteiger charge is -2.36. The molecule has 3 heterocycles. The molecule has 28 heavy (non-hydrogen) atoms. The summed E-state index contributed by atoms with van der Waals surface area (Å²) in [5.41, 5.74) is 0.997. The van der Waals surface area contributed by atoms with Gasteiger partial charge in [-0.1, -0.05) is 12.1 Å². The summed E-state index contributed by atoms with van der Waals surface area (Å²) in [6, 6.07) is 9.56. The lowest BCUT2D eigenvalue weighted by molar-refractivity contribution is -0.126. The maximum atomic E-state index is 13.2. The van der Waals surface area contributed by atoms with Crippen LogP contribution >= 0.6 is 23.7 Å². The summed E-state index contributed by atoms with van der Waals surface area (Å²) in [6.07, 6.45) is 4.93. The number of aromatic nitrogens is 3. The van der Waals surface area contributed by atoms with Crippen molar-refractivity contribution in [1.82, 2.24) is 20.1 Å². The third kappa shape index (κ3) is 3.76. The Kier molecular flexibility index (Phi) is 6.33. The maximum Gasteiger partial charge on any atom is 0.254 e. The Hall–Kier alpha value is -2.42. The van der Waals surface area contributed by atoms with E-state index >= 15 is 0 Å². The summed E-state index contributed by atoms with van der Waals surface area (Å²) in [6.45, 7) is 1.55. The van der Waals surface area contributed by atoms with Gasteiger partial charge in [0.25, 0.3) is 5.91 Å². The van der Waals surface area contributed by atoms with E-state index in [0.29, 0.717) is 18.0 Å². The first-order valence-corrected chi connectivity index (χ1v) is 9.72. The van der Waals surface area contributed by atoms with Gasteiger partial charge in [0.05, 0.1) is 12.8 Å². The number of rotatable bonds is 5. The zero-order valence-corrected chi connectivity index (χ0v) is 17.1. The van der Waals surface area contributed by atoms with Gasteiger partial charge >= 0.3 is 0 Å². The number of amides is 1. The van der Waals surface area contributed by atoms with Crippen LogP contribution in [0.5, 0.6) is 5.75 Å². The second-order valence-corrected chi connectivity index (χ2v) is 7.28. The first-order chi connectivity index (χ1) is 13.2. The predicted octanol–water partition coefficient (Wildman–Crippen LogP) is 3.15. The quantitative estimate of drug-likeness (QED) is 0.664. The van der Waals surface area contributed by atoms with E-state index < -0.39 is 5.54 Å². The first-order valence-electron chi connectivity index (χ1n) is 8.84. The Bertz CT molecular complexity index is 922. The molecule has 9 heteroatoms. The smallest absolute Gasteiger partial charge is 0.254 e. The normalized spacial score (nSPS) is 15.5. The topological polar surface area (TPSA) is 81.1 Å². The van der Waals surface area contributed by atoms with Crippen LogP contribution in [0.1, 0.15) is 12.8 Å². The predicted molar refractivity (Wildman–Crippen MR) is 112 cm³/mol. The molecule has 2 aromatic heterocycles. The van der Waals surface area contributed by atoms with E-state index in [-0.39, 0.29) is 18.3 Å². The minimum atomic E-state index is -0.689. The van der Waals surface area contributed by atoms with Crippen LogP contribution in [0.4, 0.5) is 5.13 Å². The van der Waals surface area contributed by atoms with Gasteiger partial charge in [-0.05, 0) is 44.1 Å². The number of hydrogen-bond acceptors (Lipinski definition) is 6. The number of halogens is 1. The number of nitrogens with zero attached hydrogens (tertiary/aromatic N) is 3. The van der Waals surface area contributed by atoms with Crippen LogP contribution in [0.2, 0.25) is 0 Å². The Morgan fingerprint density at radius 2 is 2.07 bits per heavy atom. The number of anilines is 1. The number of carbonyl (C=O) groups excluding carboxylic acids is 1. The third-order valence-corrected chi connectivity index (χ3v) is 5.66. The van der Waals surface area contributed by atoms with E-state index in [1.807, 2.05) is 41.9 Å². The summed E-state index contributed by atoms with van der Waals surface area (Å²) in [5.74, 6) is 0.681. The molecule has 1 aliphatic heterocycles. The highest BCUT2D eigenvalue weighted by Gasteiger charge is 2.42. The number of piperidine rings is 1. The molecule has 7 nitrogen and oxygen atoms in total. The molecule has 1 amide bonds. The maximum absolute atomic E-state index is 13.2. The average Bonchev–Trinajstić information content (AvgIpc) is 3.41. The minimum absolute atomic E-state index is 0. The highest BCUT2D eigenvalue weighted by Crippen LogP contribution is 2.33. The minimum Gasteiger partial charge on any atom is -0.496 e. The van der Waals surface area contributed by atoms with Gasteiger partial charge in [-0.15, -0.1) is 23.7 Å². The van der Waals surface area contributed by atoms with Gasteiger partial charge < -0.3 is 10.1 Å². The molecule has 0 aliphatic carbocycles. The third-order valence-electron chi connectivity index (χ3n) is 4.90. The first kappa shape index (κ1) is 20.3. The number of thiazole rings is 1. The van der Waals surface area contributed by atoms with Crippen molar-refractivity contribution in [2.45, 2.75) is 18.4 Å². The standard InChI is InChI=1S/C19H21N5O2S.ClH/c1-26-16-6-3-2-5-14(16)15-13-27-18(22-15)23-17(25)19(7-10-20-11-8-19)24-12-4-9-21-24;/h2-6,9,12-13,20H,7-8,10-11H2,1H3,(H,22,23,25);1H. The van der Waals surface area contributed by atoms with Gasteiger partial charge in [-0.25, -0.2) is 4.98 Å². The fourth-order valence-electron chi connectivity index (χ4n) is 3.45. The van der Waals surface area contributed by atoms with Crippen molar-refractivity contribution in [3.63, 3.8) is 0 Å².